The van der Waals surface area contributed by atoms with Crippen LogP contribution in [-0.4, -0.2) is 9.55 Å². The molecule has 78 valence electrons. The molecule has 1 heterocycles. The van der Waals surface area contributed by atoms with Gasteiger partial charge < -0.3 is 5.73 Å². The number of aromatic nitrogens is 2. The van der Waals surface area contributed by atoms with Crippen molar-refractivity contribution in [3.8, 4) is 5.69 Å². The number of nitrogen functional groups attached to an aromatic ring is 1. The van der Waals surface area contributed by atoms with Crippen LogP contribution in [0.4, 0.5) is 19.1 Å². The van der Waals surface area contributed by atoms with E-state index >= 15 is 0 Å². The number of benzene rings is 1. The van der Waals surface area contributed by atoms with Gasteiger partial charge in [-0.05, 0) is 0 Å². The lowest BCUT2D eigenvalue weighted by Gasteiger charge is -2.06. The van der Waals surface area contributed by atoms with Gasteiger partial charge in [-0.3, -0.25) is 4.57 Å². The minimum absolute atomic E-state index is 0.0427. The number of hydrogen-bond acceptors (Lipinski definition) is 2. The second-order valence-electron chi connectivity index (χ2n) is 2.88. The van der Waals surface area contributed by atoms with Gasteiger partial charge in [-0.25, -0.2) is 18.2 Å². The highest BCUT2D eigenvalue weighted by Crippen LogP contribution is 2.20. The molecule has 0 bridgehead atoms. The van der Waals surface area contributed by atoms with E-state index in [1.807, 2.05) is 0 Å². The van der Waals surface area contributed by atoms with Gasteiger partial charge >= 0.3 is 0 Å². The van der Waals surface area contributed by atoms with Crippen molar-refractivity contribution in [2.75, 3.05) is 5.73 Å². The van der Waals surface area contributed by atoms with E-state index in [9.17, 15) is 13.2 Å². The summed E-state index contributed by atoms with van der Waals surface area (Å²) in [5.41, 5.74) is 5.08. The Bertz CT molecular complexity index is 507. The van der Waals surface area contributed by atoms with E-state index in [1.165, 1.54) is 12.4 Å². The maximum absolute atomic E-state index is 13.3. The molecule has 0 unspecified atom stereocenters. The number of halogens is 3. The summed E-state index contributed by atoms with van der Waals surface area (Å²) in [4.78, 5) is 3.62. The SMILES string of the molecule is Nc1nccn1-c1cc(F)cc(F)c1F. The van der Waals surface area contributed by atoms with Gasteiger partial charge in [0, 0.05) is 24.5 Å². The average Bonchev–Trinajstić information content (AvgIpc) is 2.58. The third-order valence-corrected chi connectivity index (χ3v) is 1.90. The first-order chi connectivity index (χ1) is 7.09. The molecule has 0 saturated heterocycles. The molecular formula is C9H6F3N3. The zero-order valence-electron chi connectivity index (χ0n) is 7.42. The van der Waals surface area contributed by atoms with Crippen molar-refractivity contribution in [2.45, 2.75) is 0 Å². The van der Waals surface area contributed by atoms with Gasteiger partial charge in [0.1, 0.15) is 5.82 Å². The molecule has 0 aliphatic carbocycles. The third-order valence-electron chi connectivity index (χ3n) is 1.90. The van der Waals surface area contributed by atoms with E-state index in [2.05, 4.69) is 4.98 Å². The fourth-order valence-electron chi connectivity index (χ4n) is 1.24. The molecule has 0 radical (unpaired) electrons. The maximum Gasteiger partial charge on any atom is 0.204 e. The molecule has 0 amide bonds. The van der Waals surface area contributed by atoms with E-state index in [0.29, 0.717) is 6.07 Å². The van der Waals surface area contributed by atoms with Crippen LogP contribution in [0.1, 0.15) is 0 Å². The summed E-state index contributed by atoms with van der Waals surface area (Å²) >= 11 is 0. The van der Waals surface area contributed by atoms with Crippen LogP contribution in [0.5, 0.6) is 0 Å². The number of imidazole rings is 1. The van der Waals surface area contributed by atoms with E-state index in [-0.39, 0.29) is 11.6 Å². The number of rotatable bonds is 1. The second kappa shape index (κ2) is 3.30. The first kappa shape index (κ1) is 9.57. The van der Waals surface area contributed by atoms with Crippen molar-refractivity contribution < 1.29 is 13.2 Å². The average molecular weight is 213 g/mol. The number of nitrogens with zero attached hydrogens (tertiary/aromatic N) is 2. The summed E-state index contributed by atoms with van der Waals surface area (Å²) in [6.07, 6.45) is 2.62. The maximum atomic E-state index is 13.3. The highest BCUT2D eigenvalue weighted by Gasteiger charge is 2.13. The van der Waals surface area contributed by atoms with Crippen LogP contribution in [0.15, 0.2) is 24.5 Å². The normalized spacial score (nSPS) is 10.6. The monoisotopic (exact) mass is 213 g/mol. The Balaban J connectivity index is 2.68. The van der Waals surface area contributed by atoms with Crippen molar-refractivity contribution >= 4 is 5.95 Å². The third kappa shape index (κ3) is 1.54. The minimum Gasteiger partial charge on any atom is -0.369 e. The van der Waals surface area contributed by atoms with Gasteiger partial charge in [0.05, 0.1) is 5.69 Å². The Labute approximate surface area is 83.0 Å². The molecular weight excluding hydrogens is 207 g/mol. The lowest BCUT2D eigenvalue weighted by molar-refractivity contribution is 0.491. The molecule has 2 N–H and O–H groups in total. The van der Waals surface area contributed by atoms with E-state index in [1.54, 1.807) is 0 Å². The summed E-state index contributed by atoms with van der Waals surface area (Å²) < 4.78 is 40.1. The zero-order chi connectivity index (χ0) is 11.0. The topological polar surface area (TPSA) is 43.8 Å². The van der Waals surface area contributed by atoms with Gasteiger partial charge in [0.15, 0.2) is 11.6 Å². The van der Waals surface area contributed by atoms with Gasteiger partial charge in [0.25, 0.3) is 0 Å². The molecule has 1 aromatic carbocycles. The highest BCUT2D eigenvalue weighted by molar-refractivity contribution is 5.41. The predicted octanol–water partition coefficient (Wildman–Crippen LogP) is 1.87. The highest BCUT2D eigenvalue weighted by atomic mass is 19.2. The fourth-order valence-corrected chi connectivity index (χ4v) is 1.24. The molecule has 0 aliphatic heterocycles. The molecule has 0 aliphatic rings. The van der Waals surface area contributed by atoms with Gasteiger partial charge in [0.2, 0.25) is 5.95 Å². The van der Waals surface area contributed by atoms with Crippen LogP contribution in [-0.2, 0) is 0 Å². The summed E-state index contributed by atoms with van der Waals surface area (Å²) in [6.45, 7) is 0. The molecule has 0 atom stereocenters. The number of anilines is 1. The van der Waals surface area contributed by atoms with Crippen molar-refractivity contribution in [1.29, 1.82) is 0 Å². The summed E-state index contributed by atoms with van der Waals surface area (Å²) in [6, 6.07) is 1.31. The Morgan fingerprint density at radius 3 is 2.53 bits per heavy atom. The second-order valence-corrected chi connectivity index (χ2v) is 2.88. The lowest BCUT2D eigenvalue weighted by atomic mass is 10.3. The lowest BCUT2D eigenvalue weighted by Crippen LogP contribution is -2.04. The number of nitrogens with two attached hydrogens (primary N) is 1. The van der Waals surface area contributed by atoms with Crippen molar-refractivity contribution in [2.24, 2.45) is 0 Å². The van der Waals surface area contributed by atoms with Gasteiger partial charge in [-0.1, -0.05) is 0 Å². The molecule has 0 saturated carbocycles. The summed E-state index contributed by atoms with van der Waals surface area (Å²) in [5.74, 6) is -3.35. The van der Waals surface area contributed by atoms with Gasteiger partial charge in [-0.2, -0.15) is 0 Å². The molecule has 2 rings (SSSR count). The Hall–Kier alpha value is -1.98. The molecule has 15 heavy (non-hydrogen) atoms. The largest absolute Gasteiger partial charge is 0.369 e. The molecule has 2 aromatic rings. The van der Waals surface area contributed by atoms with Crippen molar-refractivity contribution in [3.63, 3.8) is 0 Å². The van der Waals surface area contributed by atoms with Crippen molar-refractivity contribution in [3.05, 3.63) is 42.0 Å². The molecule has 0 fully saturated rings. The van der Waals surface area contributed by atoms with E-state index in [0.717, 1.165) is 10.6 Å². The van der Waals surface area contributed by atoms with Crippen LogP contribution >= 0.6 is 0 Å². The molecule has 3 nitrogen and oxygen atoms in total. The van der Waals surface area contributed by atoms with Crippen LogP contribution in [0.25, 0.3) is 5.69 Å². The summed E-state index contributed by atoms with van der Waals surface area (Å²) in [5, 5.41) is 0. The number of hydrogen-bond donors (Lipinski definition) is 1. The predicted molar refractivity (Wildman–Crippen MR) is 47.9 cm³/mol. The van der Waals surface area contributed by atoms with Crippen LogP contribution in [0.3, 0.4) is 0 Å². The van der Waals surface area contributed by atoms with Crippen molar-refractivity contribution in [1.82, 2.24) is 9.55 Å². The molecule has 1 aromatic heterocycles. The molecule has 6 heteroatoms. The summed E-state index contributed by atoms with van der Waals surface area (Å²) in [7, 11) is 0. The van der Waals surface area contributed by atoms with Crippen LogP contribution in [0, 0.1) is 17.5 Å². The van der Waals surface area contributed by atoms with Gasteiger partial charge in [-0.15, -0.1) is 0 Å². The minimum atomic E-state index is -1.27. The first-order valence-corrected chi connectivity index (χ1v) is 4.03. The zero-order valence-corrected chi connectivity index (χ0v) is 7.42. The van der Waals surface area contributed by atoms with E-state index < -0.39 is 17.5 Å². The standard InChI is InChI=1S/C9H6F3N3/c10-5-3-6(11)8(12)7(4-5)15-2-1-14-9(15)13/h1-4H,(H2,13,14). The Kier molecular flexibility index (Phi) is 2.11. The Morgan fingerprint density at radius 2 is 1.93 bits per heavy atom. The first-order valence-electron chi connectivity index (χ1n) is 4.03. The van der Waals surface area contributed by atoms with E-state index in [4.69, 9.17) is 5.73 Å². The van der Waals surface area contributed by atoms with Crippen LogP contribution < -0.4 is 5.73 Å². The Morgan fingerprint density at radius 1 is 1.20 bits per heavy atom. The van der Waals surface area contributed by atoms with Crippen LogP contribution in [0.2, 0.25) is 0 Å². The fraction of sp³-hybridized carbons (Fsp3) is 0. The smallest absolute Gasteiger partial charge is 0.204 e. The molecule has 0 spiro atoms. The quantitative estimate of drug-likeness (QED) is 0.735.